The molecule has 0 N–H and O–H groups in total. The molecule has 3 rings (SSSR count). The van der Waals surface area contributed by atoms with Crippen LogP contribution in [0.1, 0.15) is 12.6 Å². The van der Waals surface area contributed by atoms with Crippen molar-refractivity contribution in [3.8, 4) is 11.3 Å². The molecule has 1 aromatic heterocycles. The summed E-state index contributed by atoms with van der Waals surface area (Å²) in [4.78, 5) is 4.71. The molecular weight excluding hydrogens is 317 g/mol. The standard InChI is InChI=1S/C17H15N.ClH.Cu/c1-2-14-9-6-12-17(18-14)16-11-5-8-13-7-3-4-10-15(13)16;;/h3-12H,2H2,1H3;1H;/q;;+1/p-1. The molecule has 0 saturated heterocycles. The van der Waals surface area contributed by atoms with Crippen LogP contribution in [0, 0.1) is 0 Å². The summed E-state index contributed by atoms with van der Waals surface area (Å²) in [6, 6.07) is 21.1. The Kier molecular flexibility index (Phi) is 5.60. The summed E-state index contributed by atoms with van der Waals surface area (Å²) in [6.07, 6.45) is 0.971. The van der Waals surface area contributed by atoms with E-state index in [0.29, 0.717) is 0 Å². The van der Waals surface area contributed by atoms with E-state index >= 15 is 0 Å². The SMILES string of the molecule is CCc1cccc(-c2cccc3ccccc23)n1.[Cl][Cu]. The normalized spacial score (nSPS) is 10.0. The first-order valence-electron chi connectivity index (χ1n) is 6.44. The van der Waals surface area contributed by atoms with Gasteiger partial charge in [0.25, 0.3) is 0 Å². The number of nitrogens with zero attached hydrogens (tertiary/aromatic N) is 1. The molecular formula is C17H15ClCuN. The number of aryl methyl sites for hydroxylation is 1. The van der Waals surface area contributed by atoms with Crippen molar-refractivity contribution in [1.82, 2.24) is 4.98 Å². The number of pyridine rings is 1. The van der Waals surface area contributed by atoms with Gasteiger partial charge < -0.3 is 0 Å². The minimum absolute atomic E-state index is 0.971. The first-order chi connectivity index (χ1) is 9.88. The van der Waals surface area contributed by atoms with Gasteiger partial charge in [-0.1, -0.05) is 55.5 Å². The average molecular weight is 332 g/mol. The number of hydrogen-bond acceptors (Lipinski definition) is 1. The monoisotopic (exact) mass is 331 g/mol. The van der Waals surface area contributed by atoms with Crippen molar-refractivity contribution in [2.45, 2.75) is 13.3 Å². The van der Waals surface area contributed by atoms with Crippen LogP contribution in [-0.4, -0.2) is 4.98 Å². The molecule has 1 heterocycles. The van der Waals surface area contributed by atoms with Crippen LogP contribution >= 0.6 is 10.1 Å². The molecule has 0 bridgehead atoms. The van der Waals surface area contributed by atoms with Crippen LogP contribution in [0.4, 0.5) is 0 Å². The summed E-state index contributed by atoms with van der Waals surface area (Å²) in [5.41, 5.74) is 3.41. The quantitative estimate of drug-likeness (QED) is 0.591. The second-order valence-electron chi connectivity index (χ2n) is 4.39. The van der Waals surface area contributed by atoms with E-state index in [-0.39, 0.29) is 0 Å². The predicted molar refractivity (Wildman–Crippen MR) is 82.4 cm³/mol. The molecule has 106 valence electrons. The molecule has 0 unspecified atom stereocenters. The molecule has 0 spiro atoms. The number of aromatic nitrogens is 1. The molecule has 0 aliphatic carbocycles. The van der Waals surface area contributed by atoms with E-state index in [1.807, 2.05) is 0 Å². The van der Waals surface area contributed by atoms with Crippen LogP contribution in [0.15, 0.2) is 60.7 Å². The van der Waals surface area contributed by atoms with Gasteiger partial charge in [-0.25, -0.2) is 0 Å². The van der Waals surface area contributed by atoms with E-state index in [1.165, 1.54) is 16.3 Å². The number of hydrogen-bond donors (Lipinski definition) is 0. The van der Waals surface area contributed by atoms with Crippen molar-refractivity contribution in [3.63, 3.8) is 0 Å². The molecule has 0 aliphatic rings. The summed E-state index contributed by atoms with van der Waals surface area (Å²) in [6.45, 7) is 2.13. The zero-order chi connectivity index (χ0) is 14.4. The van der Waals surface area contributed by atoms with Crippen molar-refractivity contribution in [1.29, 1.82) is 0 Å². The Bertz CT molecular complexity index is 692. The molecule has 0 amide bonds. The Hall–Kier alpha value is -1.34. The van der Waals surface area contributed by atoms with E-state index in [1.54, 1.807) is 0 Å². The maximum atomic E-state index is 4.71. The van der Waals surface area contributed by atoms with Gasteiger partial charge in [0, 0.05) is 11.3 Å². The van der Waals surface area contributed by atoms with Gasteiger partial charge in [0.15, 0.2) is 0 Å². The van der Waals surface area contributed by atoms with Crippen LogP contribution in [0.25, 0.3) is 22.0 Å². The molecule has 2 aromatic carbocycles. The fourth-order valence-electron chi connectivity index (χ4n) is 2.28. The van der Waals surface area contributed by atoms with Gasteiger partial charge in [0.2, 0.25) is 0 Å². The van der Waals surface area contributed by atoms with E-state index < -0.39 is 0 Å². The molecule has 1 nitrogen and oxygen atoms in total. The predicted octanol–water partition coefficient (Wildman–Crippen LogP) is 5.15. The van der Waals surface area contributed by atoms with Crippen molar-refractivity contribution < 1.29 is 15.1 Å². The van der Waals surface area contributed by atoms with Gasteiger partial charge in [0.1, 0.15) is 0 Å². The van der Waals surface area contributed by atoms with Gasteiger partial charge in [0.05, 0.1) is 5.69 Å². The summed E-state index contributed by atoms with van der Waals surface area (Å²) in [5.74, 6) is 0. The van der Waals surface area contributed by atoms with Crippen LogP contribution in [0.5, 0.6) is 0 Å². The van der Waals surface area contributed by atoms with Crippen LogP contribution < -0.4 is 0 Å². The second kappa shape index (κ2) is 7.44. The minimum atomic E-state index is 0.971. The van der Waals surface area contributed by atoms with Gasteiger partial charge >= 0.3 is 25.2 Å². The van der Waals surface area contributed by atoms with Crippen LogP contribution in [-0.2, 0) is 21.5 Å². The molecule has 0 atom stereocenters. The van der Waals surface area contributed by atoms with Crippen LogP contribution in [0.3, 0.4) is 0 Å². The summed E-state index contributed by atoms with van der Waals surface area (Å²) in [7, 11) is 4.20. The Labute approximate surface area is 132 Å². The molecule has 3 heteroatoms. The van der Waals surface area contributed by atoms with E-state index in [0.717, 1.165) is 17.8 Å². The third kappa shape index (κ3) is 3.21. The maximum absolute atomic E-state index is 4.71. The van der Waals surface area contributed by atoms with Gasteiger partial charge in [-0.3, -0.25) is 4.98 Å². The molecule has 0 fully saturated rings. The van der Waals surface area contributed by atoms with Gasteiger partial charge in [-0.05, 0) is 29.3 Å². The summed E-state index contributed by atoms with van der Waals surface area (Å²) >= 11 is 3.66. The first-order valence-corrected chi connectivity index (χ1v) is 7.73. The molecule has 0 saturated carbocycles. The van der Waals surface area contributed by atoms with E-state index in [9.17, 15) is 0 Å². The average Bonchev–Trinajstić information content (AvgIpc) is 2.56. The van der Waals surface area contributed by atoms with Crippen molar-refractivity contribution in [3.05, 3.63) is 66.4 Å². The fraction of sp³-hybridized carbons (Fsp3) is 0.118. The molecule has 20 heavy (non-hydrogen) atoms. The molecule has 3 aromatic rings. The second-order valence-corrected chi connectivity index (χ2v) is 4.39. The third-order valence-electron chi connectivity index (χ3n) is 3.23. The Morgan fingerprint density at radius 1 is 0.900 bits per heavy atom. The van der Waals surface area contributed by atoms with Gasteiger partial charge in [-0.2, -0.15) is 0 Å². The zero-order valence-corrected chi connectivity index (χ0v) is 12.8. The zero-order valence-electron chi connectivity index (χ0n) is 11.1. The summed E-state index contributed by atoms with van der Waals surface area (Å²) < 4.78 is 0. The van der Waals surface area contributed by atoms with Crippen LogP contribution in [0.2, 0.25) is 0 Å². The number of rotatable bonds is 2. The van der Waals surface area contributed by atoms with E-state index in [4.69, 9.17) is 4.98 Å². The number of fused-ring (bicyclic) bond motifs is 1. The Morgan fingerprint density at radius 3 is 2.40 bits per heavy atom. The van der Waals surface area contributed by atoms with Crippen molar-refractivity contribution >= 4 is 20.9 Å². The number of halogens is 1. The molecule has 0 aliphatic heterocycles. The van der Waals surface area contributed by atoms with E-state index in [2.05, 4.69) is 92.8 Å². The summed E-state index contributed by atoms with van der Waals surface area (Å²) in [5, 5.41) is 2.53. The number of benzene rings is 2. The fourth-order valence-corrected chi connectivity index (χ4v) is 2.28. The Morgan fingerprint density at radius 2 is 1.60 bits per heavy atom. The molecule has 0 radical (unpaired) electrons. The van der Waals surface area contributed by atoms with Gasteiger partial charge in [-0.15, -0.1) is 0 Å². The first kappa shape index (κ1) is 15.1. The Balaban J connectivity index is 0.000000704. The van der Waals surface area contributed by atoms with Crippen molar-refractivity contribution in [2.75, 3.05) is 0 Å². The topological polar surface area (TPSA) is 12.9 Å². The third-order valence-corrected chi connectivity index (χ3v) is 3.23. The van der Waals surface area contributed by atoms with Crippen molar-refractivity contribution in [2.24, 2.45) is 0 Å².